The summed E-state index contributed by atoms with van der Waals surface area (Å²) in [4.78, 5) is 26.6. The van der Waals surface area contributed by atoms with E-state index in [1.54, 1.807) is 6.08 Å². The van der Waals surface area contributed by atoms with E-state index in [9.17, 15) is 35.1 Å². The Morgan fingerprint density at radius 1 is 0.487 bits per heavy atom. The van der Waals surface area contributed by atoms with Crippen LogP contribution in [0.1, 0.15) is 329 Å². The molecule has 0 aromatic rings. The van der Waals surface area contributed by atoms with Gasteiger partial charge in [0, 0.05) is 6.42 Å². The number of aliphatic hydroxyl groups is 5. The zero-order valence-corrected chi connectivity index (χ0v) is 51.1. The summed E-state index contributed by atoms with van der Waals surface area (Å²) in [5.41, 5.74) is 0. The Bertz CT molecular complexity index is 1360. The molecule has 1 fully saturated rings. The Morgan fingerprint density at radius 2 is 0.846 bits per heavy atom. The molecule has 460 valence electrons. The van der Waals surface area contributed by atoms with Crippen molar-refractivity contribution in [2.24, 2.45) is 0 Å². The predicted octanol–water partition coefficient (Wildman–Crippen LogP) is 16.5. The lowest BCUT2D eigenvalue weighted by molar-refractivity contribution is -0.305. The minimum atomic E-state index is -1.61. The lowest BCUT2D eigenvalue weighted by Gasteiger charge is -2.41. The van der Waals surface area contributed by atoms with Crippen molar-refractivity contribution in [1.29, 1.82) is 0 Å². The first kappa shape index (κ1) is 74.2. The van der Waals surface area contributed by atoms with Gasteiger partial charge >= 0.3 is 5.97 Å². The van der Waals surface area contributed by atoms with E-state index in [0.29, 0.717) is 19.3 Å². The van der Waals surface area contributed by atoms with Gasteiger partial charge in [-0.25, -0.2) is 0 Å². The number of ether oxygens (including phenoxy) is 3. The van der Waals surface area contributed by atoms with E-state index in [0.717, 1.165) is 57.8 Å². The van der Waals surface area contributed by atoms with Gasteiger partial charge in [0.25, 0.3) is 0 Å². The van der Waals surface area contributed by atoms with E-state index in [1.165, 1.54) is 225 Å². The van der Waals surface area contributed by atoms with Gasteiger partial charge in [0.15, 0.2) is 12.4 Å². The van der Waals surface area contributed by atoms with E-state index in [-0.39, 0.29) is 13.0 Å². The first-order valence-corrected chi connectivity index (χ1v) is 33.6. The van der Waals surface area contributed by atoms with Crippen LogP contribution in [-0.4, -0.2) is 99.6 Å². The van der Waals surface area contributed by atoms with Crippen molar-refractivity contribution < 1.29 is 49.3 Å². The van der Waals surface area contributed by atoms with E-state index < -0.39 is 67.4 Å². The van der Waals surface area contributed by atoms with Gasteiger partial charge in [-0.1, -0.05) is 295 Å². The van der Waals surface area contributed by atoms with Crippen molar-refractivity contribution in [2.75, 3.05) is 13.2 Å². The van der Waals surface area contributed by atoms with Gasteiger partial charge in [0.2, 0.25) is 5.91 Å². The number of carbonyl (C=O) groups excluding carboxylic acids is 2. The minimum Gasteiger partial charge on any atom is -0.454 e. The average Bonchev–Trinajstić information content (AvgIpc) is 3.45. The molecule has 1 saturated heterocycles. The molecule has 0 aromatic carbocycles. The Balaban J connectivity index is 2.57. The molecule has 1 heterocycles. The second kappa shape index (κ2) is 55.7. The normalized spacial score (nSPS) is 19.0. The number of aliphatic hydroxyl groups excluding tert-OH is 5. The molecule has 1 rings (SSSR count). The largest absolute Gasteiger partial charge is 0.454 e. The third-order valence-electron chi connectivity index (χ3n) is 16.1. The average molecular weight is 1110 g/mol. The summed E-state index contributed by atoms with van der Waals surface area (Å²) in [6, 6.07) is -1.02. The fraction of sp³-hybridized carbons (Fsp3) is 0.910. The molecule has 0 aliphatic carbocycles. The molecular weight excluding hydrogens is 979 g/mol. The topological polar surface area (TPSA) is 175 Å². The van der Waals surface area contributed by atoms with Crippen LogP contribution >= 0.6 is 0 Å². The van der Waals surface area contributed by atoms with Crippen LogP contribution in [0, 0.1) is 0 Å². The number of esters is 1. The van der Waals surface area contributed by atoms with Crippen molar-refractivity contribution in [3.05, 3.63) is 24.3 Å². The lowest BCUT2D eigenvalue weighted by atomic mass is 9.99. The summed E-state index contributed by atoms with van der Waals surface area (Å²) in [6.45, 7) is 5.82. The number of carbonyl (C=O) groups is 2. The Morgan fingerprint density at radius 3 is 1.24 bits per heavy atom. The van der Waals surface area contributed by atoms with Gasteiger partial charge in [0.05, 0.1) is 25.4 Å². The SMILES string of the molecule is CCCCCCCC/C=C/CCCCCCCCCCCCCCCCC(O)C(=O)NC(COC1OC(CO)C(O)C(O)C1OC(=O)CCCCCCCCCCCCCCC)C(O)/C=C/CCCCCCCCCCCC. The van der Waals surface area contributed by atoms with Crippen molar-refractivity contribution in [1.82, 2.24) is 5.32 Å². The molecule has 1 aliphatic heterocycles. The molecule has 1 amide bonds. The highest BCUT2D eigenvalue weighted by molar-refractivity contribution is 5.80. The van der Waals surface area contributed by atoms with Crippen molar-refractivity contribution >= 4 is 11.9 Å². The number of hydrogen-bond acceptors (Lipinski definition) is 10. The van der Waals surface area contributed by atoms with Gasteiger partial charge in [-0.15, -0.1) is 0 Å². The maximum Gasteiger partial charge on any atom is 0.306 e. The monoisotopic (exact) mass is 1110 g/mol. The number of hydrogen-bond donors (Lipinski definition) is 6. The maximum atomic E-state index is 13.5. The van der Waals surface area contributed by atoms with Crippen LogP contribution in [0.2, 0.25) is 0 Å². The Labute approximate surface area is 480 Å². The Kier molecular flexibility index (Phi) is 52.9. The number of rotatable bonds is 58. The van der Waals surface area contributed by atoms with Crippen LogP contribution < -0.4 is 5.32 Å². The van der Waals surface area contributed by atoms with Crippen LogP contribution in [0.15, 0.2) is 24.3 Å². The molecule has 1 aliphatic rings. The van der Waals surface area contributed by atoms with Crippen LogP contribution in [0.25, 0.3) is 0 Å². The van der Waals surface area contributed by atoms with Crippen molar-refractivity contribution in [3.8, 4) is 0 Å². The molecule has 11 nitrogen and oxygen atoms in total. The van der Waals surface area contributed by atoms with Crippen LogP contribution in [0.5, 0.6) is 0 Å². The molecule has 0 saturated carbocycles. The van der Waals surface area contributed by atoms with Crippen LogP contribution in [0.3, 0.4) is 0 Å². The third-order valence-corrected chi connectivity index (χ3v) is 16.1. The van der Waals surface area contributed by atoms with Gasteiger partial charge in [0.1, 0.15) is 24.4 Å². The molecule has 8 unspecified atom stereocenters. The summed E-state index contributed by atoms with van der Waals surface area (Å²) >= 11 is 0. The second-order valence-electron chi connectivity index (χ2n) is 23.6. The van der Waals surface area contributed by atoms with Gasteiger partial charge < -0.3 is 45.1 Å². The first-order chi connectivity index (χ1) is 38.2. The number of allylic oxidation sites excluding steroid dienone is 3. The highest BCUT2D eigenvalue weighted by Gasteiger charge is 2.47. The summed E-state index contributed by atoms with van der Waals surface area (Å²) in [6.07, 6.45) is 55.1. The second-order valence-corrected chi connectivity index (χ2v) is 23.6. The van der Waals surface area contributed by atoms with E-state index in [2.05, 4.69) is 38.2 Å². The fourth-order valence-electron chi connectivity index (χ4n) is 10.8. The van der Waals surface area contributed by atoms with Crippen LogP contribution in [-0.2, 0) is 23.8 Å². The molecule has 0 aromatic heterocycles. The molecule has 0 spiro atoms. The molecule has 0 radical (unpaired) electrons. The lowest BCUT2D eigenvalue weighted by Crippen LogP contribution is -2.61. The van der Waals surface area contributed by atoms with Crippen molar-refractivity contribution in [2.45, 2.75) is 378 Å². The summed E-state index contributed by atoms with van der Waals surface area (Å²) in [5, 5.41) is 57.1. The summed E-state index contributed by atoms with van der Waals surface area (Å²) in [7, 11) is 0. The minimum absolute atomic E-state index is 0.130. The molecular formula is C67H127NO10. The highest BCUT2D eigenvalue weighted by Crippen LogP contribution is 2.26. The molecule has 78 heavy (non-hydrogen) atoms. The summed E-state index contributed by atoms with van der Waals surface area (Å²) in [5.74, 6) is -1.18. The summed E-state index contributed by atoms with van der Waals surface area (Å²) < 4.78 is 17.6. The number of amides is 1. The number of nitrogens with one attached hydrogen (secondary N) is 1. The Hall–Kier alpha value is -1.86. The van der Waals surface area contributed by atoms with Crippen LogP contribution in [0.4, 0.5) is 0 Å². The van der Waals surface area contributed by atoms with Gasteiger partial charge in [-0.05, 0) is 51.4 Å². The van der Waals surface area contributed by atoms with Gasteiger partial charge in [-0.2, -0.15) is 0 Å². The molecule has 11 heteroatoms. The highest BCUT2D eigenvalue weighted by atomic mass is 16.7. The van der Waals surface area contributed by atoms with Crippen molar-refractivity contribution in [3.63, 3.8) is 0 Å². The molecule has 6 N–H and O–H groups in total. The number of unbranched alkanes of at least 4 members (excludes halogenated alkanes) is 42. The van der Waals surface area contributed by atoms with E-state index in [1.807, 2.05) is 6.08 Å². The fourth-order valence-corrected chi connectivity index (χ4v) is 10.8. The van der Waals surface area contributed by atoms with E-state index in [4.69, 9.17) is 14.2 Å². The van der Waals surface area contributed by atoms with Gasteiger partial charge in [-0.3, -0.25) is 9.59 Å². The maximum absolute atomic E-state index is 13.5. The molecule has 0 bridgehead atoms. The standard InChI is InChI=1S/C67H127NO10/c1-4-7-10-13-16-19-22-25-26-27-28-29-30-31-32-33-34-35-37-39-42-45-48-51-54-60(71)66(75)68-58(59(70)53-50-47-44-41-38-24-21-18-15-12-9-6-3)57-76-67-65(64(74)63(73)61(56-69)77-67)78-62(72)55-52-49-46-43-40-36-23-20-17-14-11-8-5-2/h25-26,50,53,58-61,63-65,67,69-71,73-74H,4-24,27-49,51-52,54-57H2,1-3H3,(H,68,75)/b26-25+,53-50+. The smallest absolute Gasteiger partial charge is 0.306 e. The zero-order chi connectivity index (χ0) is 56.8. The quantitative estimate of drug-likeness (QED) is 0.0195. The first-order valence-electron chi connectivity index (χ1n) is 33.6. The molecule has 8 atom stereocenters. The predicted molar refractivity (Wildman–Crippen MR) is 324 cm³/mol. The van der Waals surface area contributed by atoms with E-state index >= 15 is 0 Å². The third kappa shape index (κ3) is 42.9. The zero-order valence-electron chi connectivity index (χ0n) is 51.1.